The standard InChI is InChI=1S/C17H16BrN3O3/c18-14-5-3-4-13(12-14)17(22)20-10-8-19(9-11-20)15-6-1-2-7-16(15)21(23)24/h1-7,12H,8-11H2. The first-order valence-electron chi connectivity index (χ1n) is 7.59. The van der Waals surface area contributed by atoms with Crippen molar-refractivity contribution in [3.8, 4) is 0 Å². The van der Waals surface area contributed by atoms with Crippen molar-refractivity contribution < 1.29 is 9.72 Å². The third-order valence-corrected chi connectivity index (χ3v) is 4.55. The maximum absolute atomic E-state index is 12.5. The van der Waals surface area contributed by atoms with Crippen LogP contribution in [0.3, 0.4) is 0 Å². The van der Waals surface area contributed by atoms with E-state index < -0.39 is 0 Å². The van der Waals surface area contributed by atoms with Crippen molar-refractivity contribution in [1.29, 1.82) is 0 Å². The number of nitrogens with zero attached hydrogens (tertiary/aromatic N) is 3. The molecular formula is C17H16BrN3O3. The van der Waals surface area contributed by atoms with Crippen LogP contribution in [0.2, 0.25) is 0 Å². The van der Waals surface area contributed by atoms with Crippen LogP contribution in [0.15, 0.2) is 53.0 Å². The van der Waals surface area contributed by atoms with Crippen LogP contribution in [-0.4, -0.2) is 41.9 Å². The maximum Gasteiger partial charge on any atom is 0.292 e. The van der Waals surface area contributed by atoms with Gasteiger partial charge in [-0.15, -0.1) is 0 Å². The molecule has 0 atom stereocenters. The van der Waals surface area contributed by atoms with Gasteiger partial charge < -0.3 is 9.80 Å². The van der Waals surface area contributed by atoms with Gasteiger partial charge in [0.25, 0.3) is 11.6 Å². The van der Waals surface area contributed by atoms with Crippen LogP contribution >= 0.6 is 15.9 Å². The zero-order chi connectivity index (χ0) is 17.1. The number of carbonyl (C=O) groups excluding carboxylic acids is 1. The molecule has 2 aromatic carbocycles. The van der Waals surface area contributed by atoms with Crippen molar-refractivity contribution in [2.45, 2.75) is 0 Å². The number of anilines is 1. The molecule has 0 saturated carbocycles. The highest BCUT2D eigenvalue weighted by molar-refractivity contribution is 9.10. The highest BCUT2D eigenvalue weighted by Crippen LogP contribution is 2.28. The quantitative estimate of drug-likeness (QED) is 0.596. The Morgan fingerprint density at radius 3 is 2.42 bits per heavy atom. The van der Waals surface area contributed by atoms with Gasteiger partial charge in [-0.2, -0.15) is 0 Å². The summed E-state index contributed by atoms with van der Waals surface area (Å²) in [6.07, 6.45) is 0. The van der Waals surface area contributed by atoms with E-state index in [2.05, 4.69) is 15.9 Å². The van der Waals surface area contributed by atoms with Gasteiger partial charge in [0.05, 0.1) is 4.92 Å². The largest absolute Gasteiger partial charge is 0.362 e. The molecule has 1 fully saturated rings. The fourth-order valence-corrected chi connectivity index (χ4v) is 3.24. The molecule has 1 heterocycles. The monoisotopic (exact) mass is 389 g/mol. The van der Waals surface area contributed by atoms with E-state index >= 15 is 0 Å². The summed E-state index contributed by atoms with van der Waals surface area (Å²) in [5, 5.41) is 11.2. The van der Waals surface area contributed by atoms with Gasteiger partial charge in [-0.05, 0) is 24.3 Å². The third kappa shape index (κ3) is 3.41. The molecule has 1 saturated heterocycles. The first-order valence-corrected chi connectivity index (χ1v) is 8.39. The second-order valence-electron chi connectivity index (χ2n) is 5.54. The normalized spacial score (nSPS) is 14.5. The van der Waals surface area contributed by atoms with Gasteiger partial charge in [0, 0.05) is 42.3 Å². The van der Waals surface area contributed by atoms with Crippen LogP contribution in [0, 0.1) is 10.1 Å². The fraction of sp³-hybridized carbons (Fsp3) is 0.235. The molecule has 0 spiro atoms. The number of piperazine rings is 1. The highest BCUT2D eigenvalue weighted by Gasteiger charge is 2.25. The van der Waals surface area contributed by atoms with E-state index in [4.69, 9.17) is 0 Å². The minimum absolute atomic E-state index is 0.0153. The number of halogens is 1. The lowest BCUT2D eigenvalue weighted by Gasteiger charge is -2.35. The number of nitro benzene ring substituents is 1. The summed E-state index contributed by atoms with van der Waals surface area (Å²) in [7, 11) is 0. The smallest absolute Gasteiger partial charge is 0.292 e. The summed E-state index contributed by atoms with van der Waals surface area (Å²) in [4.78, 5) is 27.1. The molecule has 1 aliphatic rings. The van der Waals surface area contributed by atoms with Gasteiger partial charge in [0.1, 0.15) is 5.69 Å². The summed E-state index contributed by atoms with van der Waals surface area (Å²) in [6.45, 7) is 2.23. The molecule has 2 aromatic rings. The molecule has 124 valence electrons. The zero-order valence-corrected chi connectivity index (χ0v) is 14.5. The van der Waals surface area contributed by atoms with E-state index in [1.807, 2.05) is 17.0 Å². The molecule has 24 heavy (non-hydrogen) atoms. The molecule has 6 nitrogen and oxygen atoms in total. The van der Waals surface area contributed by atoms with Gasteiger partial charge in [0.15, 0.2) is 0 Å². The van der Waals surface area contributed by atoms with E-state index in [0.29, 0.717) is 37.4 Å². The first-order chi connectivity index (χ1) is 11.6. The van der Waals surface area contributed by atoms with E-state index in [-0.39, 0.29) is 16.5 Å². The lowest BCUT2D eigenvalue weighted by molar-refractivity contribution is -0.384. The van der Waals surface area contributed by atoms with Crippen LogP contribution in [0.4, 0.5) is 11.4 Å². The SMILES string of the molecule is O=C(c1cccc(Br)c1)N1CCN(c2ccccc2[N+](=O)[O-])CC1. The number of benzene rings is 2. The predicted molar refractivity (Wildman–Crippen MR) is 95.4 cm³/mol. The van der Waals surface area contributed by atoms with Crippen LogP contribution in [-0.2, 0) is 0 Å². The second-order valence-corrected chi connectivity index (χ2v) is 6.45. The van der Waals surface area contributed by atoms with Gasteiger partial charge in [-0.1, -0.05) is 34.1 Å². The summed E-state index contributed by atoms with van der Waals surface area (Å²) in [5.41, 5.74) is 1.35. The second kappa shape index (κ2) is 7.00. The molecule has 1 aliphatic heterocycles. The fourth-order valence-electron chi connectivity index (χ4n) is 2.84. The Labute approximate surface area is 148 Å². The van der Waals surface area contributed by atoms with Crippen LogP contribution < -0.4 is 4.90 Å². The van der Waals surface area contributed by atoms with Crippen molar-refractivity contribution in [2.75, 3.05) is 31.1 Å². The highest BCUT2D eigenvalue weighted by atomic mass is 79.9. The van der Waals surface area contributed by atoms with Crippen molar-refractivity contribution in [3.63, 3.8) is 0 Å². The lowest BCUT2D eigenvalue weighted by atomic mass is 10.1. The topological polar surface area (TPSA) is 66.7 Å². The van der Waals surface area contributed by atoms with Crippen LogP contribution in [0.25, 0.3) is 0 Å². The van der Waals surface area contributed by atoms with Gasteiger partial charge >= 0.3 is 0 Å². The summed E-state index contributed by atoms with van der Waals surface area (Å²) in [6, 6.07) is 14.0. The average Bonchev–Trinajstić information content (AvgIpc) is 2.61. The van der Waals surface area contributed by atoms with E-state index in [1.165, 1.54) is 6.07 Å². The maximum atomic E-state index is 12.5. The Morgan fingerprint density at radius 1 is 1.04 bits per heavy atom. The number of rotatable bonds is 3. The van der Waals surface area contributed by atoms with E-state index in [0.717, 1.165) is 4.47 Å². The minimum atomic E-state index is -0.367. The molecule has 3 rings (SSSR count). The van der Waals surface area contributed by atoms with Crippen molar-refractivity contribution in [2.24, 2.45) is 0 Å². The Balaban J connectivity index is 1.70. The average molecular weight is 390 g/mol. The molecule has 1 amide bonds. The molecule has 0 N–H and O–H groups in total. The van der Waals surface area contributed by atoms with Crippen molar-refractivity contribution in [3.05, 3.63) is 68.7 Å². The first kappa shape index (κ1) is 16.4. The number of para-hydroxylation sites is 2. The van der Waals surface area contributed by atoms with Crippen molar-refractivity contribution >= 4 is 33.2 Å². The molecule has 0 unspecified atom stereocenters. The van der Waals surface area contributed by atoms with E-state index in [9.17, 15) is 14.9 Å². The number of hydrogen-bond acceptors (Lipinski definition) is 4. The van der Waals surface area contributed by atoms with Crippen LogP contribution in [0.5, 0.6) is 0 Å². The van der Waals surface area contributed by atoms with Gasteiger partial charge in [-0.25, -0.2) is 0 Å². The lowest BCUT2D eigenvalue weighted by Crippen LogP contribution is -2.48. The molecule has 0 aliphatic carbocycles. The summed E-state index contributed by atoms with van der Waals surface area (Å²) < 4.78 is 0.867. The molecule has 0 bridgehead atoms. The number of amides is 1. The summed E-state index contributed by atoms with van der Waals surface area (Å²) in [5.74, 6) is -0.0153. The third-order valence-electron chi connectivity index (χ3n) is 4.06. The molecule has 7 heteroatoms. The Morgan fingerprint density at radius 2 is 1.75 bits per heavy atom. The van der Waals surface area contributed by atoms with Crippen LogP contribution in [0.1, 0.15) is 10.4 Å². The van der Waals surface area contributed by atoms with Crippen molar-refractivity contribution in [1.82, 2.24) is 4.90 Å². The van der Waals surface area contributed by atoms with E-state index in [1.54, 1.807) is 35.2 Å². The molecular weight excluding hydrogens is 374 g/mol. The zero-order valence-electron chi connectivity index (χ0n) is 12.9. The predicted octanol–water partition coefficient (Wildman–Crippen LogP) is 3.32. The number of carbonyl (C=O) groups is 1. The summed E-state index contributed by atoms with van der Waals surface area (Å²) >= 11 is 3.37. The Kier molecular flexibility index (Phi) is 4.80. The Hall–Kier alpha value is -2.41. The number of nitro groups is 1. The Bertz CT molecular complexity index is 773. The minimum Gasteiger partial charge on any atom is -0.362 e. The van der Waals surface area contributed by atoms with Gasteiger partial charge in [0.2, 0.25) is 0 Å². The molecule has 0 aromatic heterocycles. The molecule has 0 radical (unpaired) electrons. The number of hydrogen-bond donors (Lipinski definition) is 0. The van der Waals surface area contributed by atoms with Gasteiger partial charge in [-0.3, -0.25) is 14.9 Å².